The molecule has 37 heavy (non-hydrogen) atoms. The maximum absolute atomic E-state index is 12.8. The minimum absolute atomic E-state index is 0.241. The molecule has 0 bridgehead atoms. The van der Waals surface area contributed by atoms with Gasteiger partial charge in [-0.3, -0.25) is 10.1 Å². The molecule has 10 heteroatoms. The summed E-state index contributed by atoms with van der Waals surface area (Å²) < 4.78 is 21.5. The molecule has 3 aromatic heterocycles. The van der Waals surface area contributed by atoms with Gasteiger partial charge in [-0.1, -0.05) is 29.8 Å². The Labute approximate surface area is 220 Å². The second-order valence-corrected chi connectivity index (χ2v) is 10.5. The van der Waals surface area contributed by atoms with Crippen molar-refractivity contribution in [2.24, 2.45) is 0 Å². The fourth-order valence-corrected chi connectivity index (χ4v) is 5.31. The highest BCUT2D eigenvalue weighted by molar-refractivity contribution is 7.07. The molecule has 2 aliphatic rings. The first-order valence-electron chi connectivity index (χ1n) is 11.8. The molecule has 1 aromatic carbocycles. The molecular formula is C27H21ClN2O6S. The van der Waals surface area contributed by atoms with Gasteiger partial charge in [0.25, 0.3) is 5.78 Å². The van der Waals surface area contributed by atoms with E-state index >= 15 is 0 Å². The summed E-state index contributed by atoms with van der Waals surface area (Å²) >= 11 is 7.44. The minimum atomic E-state index is -0.937. The predicted octanol–water partition coefficient (Wildman–Crippen LogP) is 6.84. The van der Waals surface area contributed by atoms with Crippen molar-refractivity contribution in [3.63, 3.8) is 0 Å². The third kappa shape index (κ3) is 4.47. The zero-order valence-electron chi connectivity index (χ0n) is 19.7. The number of carboxylic acids is 1. The summed E-state index contributed by atoms with van der Waals surface area (Å²) in [6.07, 6.45) is 1.95. The number of hydrogen-bond acceptors (Lipinski definition) is 7. The smallest absolute Gasteiger partial charge is 0.412 e. The normalized spacial score (nSPS) is 16.6. The molecule has 0 spiro atoms. The lowest BCUT2D eigenvalue weighted by Gasteiger charge is -2.15. The molecule has 1 unspecified atom stereocenters. The highest BCUT2D eigenvalue weighted by atomic mass is 35.5. The fraction of sp³-hybridized carbons (Fsp3) is 0.296. The number of aromatic nitrogens is 1. The van der Waals surface area contributed by atoms with Gasteiger partial charge in [0.15, 0.2) is 5.76 Å². The molecule has 2 fully saturated rings. The zero-order chi connectivity index (χ0) is 25.7. The standard InChI is InChI=1S/C27H21ClN2O6S/c1-14(18-4-2-3-5-19(18)28)34-26(33)29-23-20(37-30-22(23)15-6-7-15)9-8-17-12-16-13-21(36-24(16)35-17)27(10-11-27)25(31)32/h2-5,12-15H,6-7,10-11H2,1H3,(H,29,33)(H,31,32). The van der Waals surface area contributed by atoms with Crippen LogP contribution in [0.25, 0.3) is 11.2 Å². The monoisotopic (exact) mass is 536 g/mol. The Morgan fingerprint density at radius 3 is 2.70 bits per heavy atom. The van der Waals surface area contributed by atoms with Crippen molar-refractivity contribution in [3.8, 4) is 11.8 Å². The largest absolute Gasteiger partial charge is 0.480 e. The molecule has 188 valence electrons. The second kappa shape index (κ2) is 8.98. The Bertz CT molecular complexity index is 1570. The first-order valence-corrected chi connectivity index (χ1v) is 13.0. The van der Waals surface area contributed by atoms with Crippen molar-refractivity contribution in [2.75, 3.05) is 5.32 Å². The van der Waals surface area contributed by atoms with Gasteiger partial charge in [-0.25, -0.2) is 4.79 Å². The number of furan rings is 2. The molecule has 1 amide bonds. The minimum Gasteiger partial charge on any atom is -0.480 e. The van der Waals surface area contributed by atoms with Gasteiger partial charge in [0.05, 0.1) is 16.8 Å². The summed E-state index contributed by atoms with van der Waals surface area (Å²) in [7, 11) is 0. The highest BCUT2D eigenvalue weighted by Gasteiger charge is 2.54. The number of hydrogen-bond donors (Lipinski definition) is 2. The van der Waals surface area contributed by atoms with Gasteiger partial charge in [-0.2, -0.15) is 4.37 Å². The van der Waals surface area contributed by atoms with E-state index in [4.69, 9.17) is 25.2 Å². The van der Waals surface area contributed by atoms with Crippen LogP contribution in [0.3, 0.4) is 0 Å². The number of carbonyl (C=O) groups excluding carboxylic acids is 1. The third-order valence-corrected chi connectivity index (χ3v) is 7.80. The third-order valence-electron chi connectivity index (χ3n) is 6.68. The number of nitrogens with zero attached hydrogens (tertiary/aromatic N) is 1. The zero-order valence-corrected chi connectivity index (χ0v) is 21.2. The van der Waals surface area contributed by atoms with Crippen LogP contribution < -0.4 is 5.32 Å². The van der Waals surface area contributed by atoms with Crippen LogP contribution in [0.15, 0.2) is 45.2 Å². The van der Waals surface area contributed by atoms with Crippen LogP contribution in [0.5, 0.6) is 0 Å². The van der Waals surface area contributed by atoms with Crippen LogP contribution in [0.2, 0.25) is 5.02 Å². The van der Waals surface area contributed by atoms with Crippen molar-refractivity contribution in [1.82, 2.24) is 4.37 Å². The number of ether oxygens (including phenoxy) is 1. The number of carbonyl (C=O) groups is 2. The lowest BCUT2D eigenvalue weighted by Crippen LogP contribution is -2.18. The van der Waals surface area contributed by atoms with E-state index in [0.717, 1.165) is 18.5 Å². The first kappa shape index (κ1) is 23.6. The Morgan fingerprint density at radius 2 is 2.03 bits per heavy atom. The highest BCUT2D eigenvalue weighted by Crippen LogP contribution is 2.50. The van der Waals surface area contributed by atoms with Gasteiger partial charge in [0.2, 0.25) is 0 Å². The summed E-state index contributed by atoms with van der Waals surface area (Å²) in [5.41, 5.74) is 1.13. The van der Waals surface area contributed by atoms with Crippen LogP contribution in [0, 0.1) is 11.8 Å². The summed E-state index contributed by atoms with van der Waals surface area (Å²) in [6, 6.07) is 10.6. The molecule has 0 saturated heterocycles. The Kier molecular flexibility index (Phi) is 5.74. The maximum atomic E-state index is 12.8. The number of aliphatic carboxylic acids is 1. The van der Waals surface area contributed by atoms with Gasteiger partial charge in [0, 0.05) is 22.6 Å². The van der Waals surface area contributed by atoms with Gasteiger partial charge in [0.1, 0.15) is 22.2 Å². The molecule has 1 atom stereocenters. The van der Waals surface area contributed by atoms with Crippen LogP contribution in [0.4, 0.5) is 10.5 Å². The van der Waals surface area contributed by atoms with Crippen LogP contribution >= 0.6 is 23.1 Å². The van der Waals surface area contributed by atoms with Crippen LogP contribution in [-0.4, -0.2) is 21.5 Å². The topological polar surface area (TPSA) is 115 Å². The average molecular weight is 537 g/mol. The van der Waals surface area contributed by atoms with Gasteiger partial charge >= 0.3 is 12.1 Å². The van der Waals surface area contributed by atoms with Crippen molar-refractivity contribution in [2.45, 2.75) is 50.0 Å². The number of nitrogens with one attached hydrogen (secondary N) is 1. The van der Waals surface area contributed by atoms with Crippen molar-refractivity contribution < 1.29 is 28.3 Å². The number of carboxylic acid groups (broad SMARTS) is 1. The molecule has 0 aliphatic heterocycles. The van der Waals surface area contributed by atoms with E-state index in [1.54, 1.807) is 25.1 Å². The van der Waals surface area contributed by atoms with E-state index in [1.165, 1.54) is 11.5 Å². The Hall–Kier alpha value is -3.74. The van der Waals surface area contributed by atoms with Crippen molar-refractivity contribution in [3.05, 3.63) is 69.1 Å². The van der Waals surface area contributed by atoms with Gasteiger partial charge in [-0.05, 0) is 68.1 Å². The van der Waals surface area contributed by atoms with E-state index in [9.17, 15) is 14.7 Å². The maximum Gasteiger partial charge on any atom is 0.412 e. The first-order chi connectivity index (χ1) is 17.8. The molecule has 6 rings (SSSR count). The molecule has 2 N–H and O–H groups in total. The van der Waals surface area contributed by atoms with Gasteiger partial charge in [-0.15, -0.1) is 0 Å². The number of rotatable bonds is 6. The lowest BCUT2D eigenvalue weighted by atomic mass is 10.0. The number of amides is 1. The molecule has 2 saturated carbocycles. The number of halogens is 1. The molecule has 4 aromatic rings. The lowest BCUT2D eigenvalue weighted by molar-refractivity contribution is -0.140. The number of anilines is 1. The predicted molar refractivity (Wildman–Crippen MR) is 137 cm³/mol. The Balaban J connectivity index is 1.21. The van der Waals surface area contributed by atoms with E-state index in [1.807, 2.05) is 18.2 Å². The molecule has 2 aliphatic carbocycles. The molecular weight excluding hydrogens is 516 g/mol. The van der Waals surface area contributed by atoms with E-state index < -0.39 is 23.6 Å². The van der Waals surface area contributed by atoms with Crippen molar-refractivity contribution in [1.29, 1.82) is 0 Å². The molecule has 0 radical (unpaired) electrons. The summed E-state index contributed by atoms with van der Waals surface area (Å²) in [6.45, 7) is 1.76. The van der Waals surface area contributed by atoms with Crippen LogP contribution in [-0.2, 0) is 14.9 Å². The fourth-order valence-electron chi connectivity index (χ4n) is 4.25. The summed E-state index contributed by atoms with van der Waals surface area (Å²) in [5.74, 6) is 6.41. The average Bonchev–Trinajstić information content (AvgIpc) is 3.75. The van der Waals surface area contributed by atoms with Crippen LogP contribution in [0.1, 0.15) is 72.3 Å². The summed E-state index contributed by atoms with van der Waals surface area (Å²) in [4.78, 5) is 24.9. The number of fused-ring (bicyclic) bond motifs is 1. The quantitative estimate of drug-likeness (QED) is 0.259. The molecule has 8 nitrogen and oxygen atoms in total. The molecule has 3 heterocycles. The van der Waals surface area contributed by atoms with E-state index in [2.05, 4.69) is 21.5 Å². The number of benzene rings is 1. The second-order valence-electron chi connectivity index (χ2n) is 9.34. The Morgan fingerprint density at radius 1 is 1.24 bits per heavy atom. The SMILES string of the molecule is CC(OC(=O)Nc1c(C2CC2)nsc1C#Cc1cc2cc(C3(C(=O)O)CC3)oc2o1)c1ccccc1Cl. The van der Waals surface area contributed by atoms with Gasteiger partial charge < -0.3 is 18.7 Å². The summed E-state index contributed by atoms with van der Waals surface area (Å²) in [5, 5.41) is 13.5. The van der Waals surface area contributed by atoms with E-state index in [0.29, 0.717) is 50.9 Å². The van der Waals surface area contributed by atoms with Crippen molar-refractivity contribution >= 4 is 52.0 Å². The van der Waals surface area contributed by atoms with E-state index in [-0.39, 0.29) is 11.7 Å².